The van der Waals surface area contributed by atoms with Gasteiger partial charge in [0.2, 0.25) is 5.78 Å². The molecule has 2 aliphatic heterocycles. The molecule has 4 rings (SSSR count). The Kier molecular flexibility index (Phi) is 4.96. The molecule has 4 amide bonds. The molecule has 0 unspecified atom stereocenters. The molecule has 9 heteroatoms. The fourth-order valence-electron chi connectivity index (χ4n) is 3.01. The fraction of sp³-hybridized carbons (Fsp3) is 0.0952. The molecule has 2 heterocycles. The first-order valence-electron chi connectivity index (χ1n) is 8.96. The topological polar surface area (TPSA) is 90.4 Å². The van der Waals surface area contributed by atoms with Crippen molar-refractivity contribution in [3.05, 3.63) is 76.8 Å². The standard InChI is InChI=1S/C21H16N4O4S/c1-23-18(27)15(19(28)24(2)21(23)29)20-25(14-11-7-4-8-12-14)22-17(30-20)16(26)13-9-5-3-6-10-13/h3-12H,1-2H3. The molecule has 8 nitrogen and oxygen atoms in total. The summed E-state index contributed by atoms with van der Waals surface area (Å²) in [5.41, 5.74) is 0.799. The van der Waals surface area contributed by atoms with E-state index in [0.717, 1.165) is 21.6 Å². The third-order valence-corrected chi connectivity index (χ3v) is 5.66. The number of imide groups is 2. The minimum absolute atomic E-state index is 0.121. The Balaban J connectivity index is 1.84. The van der Waals surface area contributed by atoms with Crippen molar-refractivity contribution in [1.82, 2.24) is 9.80 Å². The quantitative estimate of drug-likeness (QED) is 0.431. The van der Waals surface area contributed by atoms with Gasteiger partial charge in [0.05, 0.1) is 5.69 Å². The average molecular weight is 420 g/mol. The van der Waals surface area contributed by atoms with Crippen LogP contribution in [0.2, 0.25) is 0 Å². The van der Waals surface area contributed by atoms with E-state index in [1.165, 1.54) is 19.1 Å². The average Bonchev–Trinajstić information content (AvgIpc) is 3.22. The highest BCUT2D eigenvalue weighted by atomic mass is 32.2. The lowest BCUT2D eigenvalue weighted by atomic mass is 10.1. The van der Waals surface area contributed by atoms with E-state index in [1.54, 1.807) is 54.6 Å². The lowest BCUT2D eigenvalue weighted by Gasteiger charge is -2.30. The SMILES string of the molecule is CN1C(=O)C(=C2SC(C(=O)c3ccccc3)=NN2c2ccccc2)C(=O)N(C)C1=O. The molecule has 150 valence electrons. The lowest BCUT2D eigenvalue weighted by Crippen LogP contribution is -2.53. The van der Waals surface area contributed by atoms with Crippen LogP contribution in [0.15, 0.2) is 76.4 Å². The molecule has 0 bridgehead atoms. The number of hydrogen-bond donors (Lipinski definition) is 0. The number of anilines is 1. The van der Waals surface area contributed by atoms with Crippen LogP contribution in [0.3, 0.4) is 0 Å². The van der Waals surface area contributed by atoms with E-state index < -0.39 is 17.8 Å². The summed E-state index contributed by atoms with van der Waals surface area (Å²) in [6, 6.07) is 16.8. The summed E-state index contributed by atoms with van der Waals surface area (Å²) in [4.78, 5) is 52.4. The molecule has 0 aliphatic carbocycles. The van der Waals surface area contributed by atoms with Gasteiger partial charge in [-0.05, 0) is 23.9 Å². The molecule has 0 N–H and O–H groups in total. The van der Waals surface area contributed by atoms with Crippen molar-refractivity contribution < 1.29 is 19.2 Å². The number of barbiturate groups is 1. The molecule has 30 heavy (non-hydrogen) atoms. The number of thioether (sulfide) groups is 1. The maximum Gasteiger partial charge on any atom is 0.333 e. The molecule has 2 aromatic carbocycles. The number of nitrogens with zero attached hydrogens (tertiary/aromatic N) is 4. The van der Waals surface area contributed by atoms with E-state index in [9.17, 15) is 19.2 Å². The first-order valence-corrected chi connectivity index (χ1v) is 9.77. The van der Waals surface area contributed by atoms with Crippen LogP contribution in [-0.4, -0.2) is 52.6 Å². The highest BCUT2D eigenvalue weighted by Crippen LogP contribution is 2.39. The zero-order valence-corrected chi connectivity index (χ0v) is 16.9. The second-order valence-electron chi connectivity index (χ2n) is 6.54. The van der Waals surface area contributed by atoms with Gasteiger partial charge in [-0.15, -0.1) is 0 Å². The monoisotopic (exact) mass is 420 g/mol. The van der Waals surface area contributed by atoms with Crippen molar-refractivity contribution in [2.75, 3.05) is 19.1 Å². The van der Waals surface area contributed by atoms with Gasteiger partial charge in [0, 0.05) is 19.7 Å². The number of likely N-dealkylation sites (N-methyl/N-ethyl adjacent to an activating group) is 2. The van der Waals surface area contributed by atoms with Gasteiger partial charge in [0.1, 0.15) is 10.6 Å². The number of amides is 4. The van der Waals surface area contributed by atoms with Crippen LogP contribution in [0, 0.1) is 0 Å². The molecule has 2 aromatic rings. The molecular formula is C21H16N4O4S. The number of benzene rings is 2. The van der Waals surface area contributed by atoms with Gasteiger partial charge < -0.3 is 0 Å². The Bertz CT molecular complexity index is 1100. The molecule has 2 aliphatic rings. The first kappa shape index (κ1) is 19.6. The van der Waals surface area contributed by atoms with E-state index in [0.29, 0.717) is 11.3 Å². The molecular weight excluding hydrogens is 404 g/mol. The first-order chi connectivity index (χ1) is 14.4. The van der Waals surface area contributed by atoms with Crippen LogP contribution in [0.1, 0.15) is 10.4 Å². The predicted octanol–water partition coefficient (Wildman–Crippen LogP) is 2.70. The summed E-state index contributed by atoms with van der Waals surface area (Å²) in [7, 11) is 2.61. The molecule has 0 radical (unpaired) electrons. The van der Waals surface area contributed by atoms with Gasteiger partial charge in [-0.3, -0.25) is 24.2 Å². The van der Waals surface area contributed by atoms with E-state index in [1.807, 2.05) is 6.07 Å². The van der Waals surface area contributed by atoms with Crippen LogP contribution in [0.5, 0.6) is 0 Å². The maximum atomic E-state index is 13.0. The normalized spacial score (nSPS) is 17.1. The lowest BCUT2D eigenvalue weighted by molar-refractivity contribution is -0.134. The number of Topliss-reactive ketones (excluding diaryl/α,β-unsaturated/α-hetero) is 1. The number of urea groups is 1. The number of carbonyl (C=O) groups excluding carboxylic acids is 4. The van der Waals surface area contributed by atoms with Crippen molar-refractivity contribution in [2.45, 2.75) is 0 Å². The molecule has 1 saturated heterocycles. The van der Waals surface area contributed by atoms with Crippen LogP contribution < -0.4 is 5.01 Å². The Hall–Kier alpha value is -3.72. The molecule has 0 atom stereocenters. The summed E-state index contributed by atoms with van der Waals surface area (Å²) in [5.74, 6) is -1.81. The van der Waals surface area contributed by atoms with Crippen molar-refractivity contribution in [3.63, 3.8) is 0 Å². The summed E-state index contributed by atoms with van der Waals surface area (Å²) >= 11 is 0.936. The number of hydrogen-bond acceptors (Lipinski definition) is 7. The third-order valence-electron chi connectivity index (χ3n) is 4.63. The summed E-state index contributed by atoms with van der Waals surface area (Å²) in [6.45, 7) is 0. The minimum atomic E-state index is -0.741. The predicted molar refractivity (Wildman–Crippen MR) is 113 cm³/mol. The van der Waals surface area contributed by atoms with Crippen molar-refractivity contribution in [1.29, 1.82) is 0 Å². The Morgan fingerprint density at radius 3 is 1.93 bits per heavy atom. The van der Waals surface area contributed by atoms with Crippen LogP contribution in [0.25, 0.3) is 0 Å². The molecule has 1 fully saturated rings. The number of carbonyl (C=O) groups is 4. The molecule has 0 aromatic heterocycles. The van der Waals surface area contributed by atoms with E-state index in [-0.39, 0.29) is 21.4 Å². The second kappa shape index (κ2) is 7.60. The fourth-order valence-corrected chi connectivity index (χ4v) is 4.03. The number of para-hydroxylation sites is 1. The summed E-state index contributed by atoms with van der Waals surface area (Å²) in [6.07, 6.45) is 0. The Labute approximate surface area is 176 Å². The Morgan fingerprint density at radius 1 is 0.833 bits per heavy atom. The maximum absolute atomic E-state index is 13.0. The number of ketones is 1. The van der Waals surface area contributed by atoms with Gasteiger partial charge in [-0.25, -0.2) is 9.80 Å². The molecule has 0 spiro atoms. The van der Waals surface area contributed by atoms with Gasteiger partial charge in [0.15, 0.2) is 5.04 Å². The van der Waals surface area contributed by atoms with Crippen molar-refractivity contribution in [3.8, 4) is 0 Å². The van der Waals surface area contributed by atoms with Crippen LogP contribution >= 0.6 is 11.8 Å². The van der Waals surface area contributed by atoms with Gasteiger partial charge in [-0.2, -0.15) is 5.10 Å². The zero-order chi connectivity index (χ0) is 21.4. The van der Waals surface area contributed by atoms with Crippen molar-refractivity contribution >= 4 is 46.1 Å². The highest BCUT2D eigenvalue weighted by molar-refractivity contribution is 8.19. The summed E-state index contributed by atoms with van der Waals surface area (Å²) < 4.78 is 0. The van der Waals surface area contributed by atoms with E-state index in [2.05, 4.69) is 5.10 Å². The number of rotatable bonds is 3. The van der Waals surface area contributed by atoms with E-state index >= 15 is 0 Å². The smallest absolute Gasteiger partial charge is 0.286 e. The van der Waals surface area contributed by atoms with Crippen LogP contribution in [0.4, 0.5) is 10.5 Å². The zero-order valence-electron chi connectivity index (χ0n) is 16.1. The van der Waals surface area contributed by atoms with Gasteiger partial charge >= 0.3 is 6.03 Å². The Morgan fingerprint density at radius 2 is 1.37 bits per heavy atom. The highest BCUT2D eigenvalue weighted by Gasteiger charge is 2.43. The largest absolute Gasteiger partial charge is 0.333 e. The van der Waals surface area contributed by atoms with Crippen molar-refractivity contribution in [2.24, 2.45) is 5.10 Å². The van der Waals surface area contributed by atoms with Crippen LogP contribution in [-0.2, 0) is 9.59 Å². The van der Waals surface area contributed by atoms with Gasteiger partial charge in [0.25, 0.3) is 11.8 Å². The summed E-state index contributed by atoms with van der Waals surface area (Å²) in [5, 5.41) is 6.10. The van der Waals surface area contributed by atoms with E-state index in [4.69, 9.17) is 0 Å². The van der Waals surface area contributed by atoms with Gasteiger partial charge in [-0.1, -0.05) is 48.5 Å². The minimum Gasteiger partial charge on any atom is -0.286 e. The third kappa shape index (κ3) is 3.18. The number of hydrazone groups is 1. The second-order valence-corrected chi connectivity index (χ2v) is 7.52. The molecule has 0 saturated carbocycles.